The van der Waals surface area contributed by atoms with Crippen molar-refractivity contribution in [2.75, 3.05) is 0 Å². The summed E-state index contributed by atoms with van der Waals surface area (Å²) in [4.78, 5) is 7.26. The fraction of sp³-hybridized carbons (Fsp3) is 0.182. The highest BCUT2D eigenvalue weighted by atomic mass is 79.9. The van der Waals surface area contributed by atoms with E-state index in [1.165, 1.54) is 12.1 Å². The van der Waals surface area contributed by atoms with E-state index in [4.69, 9.17) is 5.73 Å². The molecule has 0 fully saturated rings. The third kappa shape index (κ3) is 2.15. The molecule has 1 aromatic heterocycles. The number of nitrogens with two attached hydrogens (primary N) is 1. The summed E-state index contributed by atoms with van der Waals surface area (Å²) in [6.45, 7) is 1.85. The Morgan fingerprint density at radius 3 is 2.81 bits per heavy atom. The molecule has 0 amide bonds. The SMILES string of the molecule is CC(N)c1ncc(-c2ccc(F)cc2Br)[nH]1. The molecule has 3 N–H and O–H groups in total. The van der Waals surface area contributed by atoms with Gasteiger partial charge < -0.3 is 10.7 Å². The molecule has 0 bridgehead atoms. The highest BCUT2D eigenvalue weighted by molar-refractivity contribution is 9.10. The summed E-state index contributed by atoms with van der Waals surface area (Å²) >= 11 is 3.31. The van der Waals surface area contributed by atoms with Crippen LogP contribution in [0.25, 0.3) is 11.3 Å². The fourth-order valence-electron chi connectivity index (χ4n) is 1.41. The van der Waals surface area contributed by atoms with Crippen LogP contribution in [0.15, 0.2) is 28.9 Å². The van der Waals surface area contributed by atoms with E-state index in [-0.39, 0.29) is 11.9 Å². The van der Waals surface area contributed by atoms with Crippen LogP contribution < -0.4 is 5.73 Å². The van der Waals surface area contributed by atoms with Crippen LogP contribution >= 0.6 is 15.9 Å². The molecule has 5 heteroatoms. The van der Waals surface area contributed by atoms with Crippen molar-refractivity contribution in [1.29, 1.82) is 0 Å². The third-order valence-electron chi connectivity index (χ3n) is 2.25. The Morgan fingerprint density at radius 1 is 1.50 bits per heavy atom. The Kier molecular flexibility index (Phi) is 3.07. The first-order valence-electron chi connectivity index (χ1n) is 4.84. The van der Waals surface area contributed by atoms with Gasteiger partial charge in [0.1, 0.15) is 11.6 Å². The van der Waals surface area contributed by atoms with Crippen LogP contribution in [0, 0.1) is 5.82 Å². The maximum Gasteiger partial charge on any atom is 0.124 e. The number of halogens is 2. The monoisotopic (exact) mass is 283 g/mol. The quantitative estimate of drug-likeness (QED) is 0.890. The van der Waals surface area contributed by atoms with Gasteiger partial charge in [-0.1, -0.05) is 0 Å². The van der Waals surface area contributed by atoms with Gasteiger partial charge in [-0.05, 0) is 41.1 Å². The molecule has 0 radical (unpaired) electrons. The molecular weight excluding hydrogens is 273 g/mol. The van der Waals surface area contributed by atoms with E-state index in [1.54, 1.807) is 12.3 Å². The Hall–Kier alpha value is -1.20. The maximum atomic E-state index is 12.9. The Bertz CT molecular complexity index is 508. The normalized spacial score (nSPS) is 12.8. The second-order valence-electron chi connectivity index (χ2n) is 3.59. The molecule has 1 unspecified atom stereocenters. The summed E-state index contributed by atoms with van der Waals surface area (Å²) in [6, 6.07) is 4.37. The number of hydrogen-bond donors (Lipinski definition) is 2. The highest BCUT2D eigenvalue weighted by Gasteiger charge is 2.09. The van der Waals surface area contributed by atoms with Crippen LogP contribution in [-0.4, -0.2) is 9.97 Å². The van der Waals surface area contributed by atoms with Crippen LogP contribution in [0.2, 0.25) is 0 Å². The molecule has 1 aromatic carbocycles. The van der Waals surface area contributed by atoms with Crippen molar-refractivity contribution in [2.45, 2.75) is 13.0 Å². The minimum Gasteiger partial charge on any atom is -0.341 e. The highest BCUT2D eigenvalue weighted by Crippen LogP contribution is 2.27. The van der Waals surface area contributed by atoms with Gasteiger partial charge in [0, 0.05) is 10.0 Å². The Labute approximate surface area is 101 Å². The van der Waals surface area contributed by atoms with Gasteiger partial charge >= 0.3 is 0 Å². The number of aromatic amines is 1. The van der Waals surface area contributed by atoms with E-state index in [1.807, 2.05) is 6.92 Å². The van der Waals surface area contributed by atoms with E-state index < -0.39 is 0 Å². The van der Waals surface area contributed by atoms with Crippen LogP contribution in [0.1, 0.15) is 18.8 Å². The van der Waals surface area contributed by atoms with E-state index in [2.05, 4.69) is 25.9 Å². The van der Waals surface area contributed by atoms with Gasteiger partial charge in [0.25, 0.3) is 0 Å². The largest absolute Gasteiger partial charge is 0.341 e. The van der Waals surface area contributed by atoms with Crippen molar-refractivity contribution >= 4 is 15.9 Å². The van der Waals surface area contributed by atoms with Crippen molar-refractivity contribution in [3.05, 3.63) is 40.5 Å². The number of nitrogens with one attached hydrogen (secondary N) is 1. The average molecular weight is 284 g/mol. The van der Waals surface area contributed by atoms with Crippen molar-refractivity contribution in [3.8, 4) is 11.3 Å². The summed E-state index contributed by atoms with van der Waals surface area (Å²) in [6.07, 6.45) is 1.69. The predicted molar refractivity (Wildman–Crippen MR) is 64.3 cm³/mol. The van der Waals surface area contributed by atoms with Gasteiger partial charge in [-0.2, -0.15) is 0 Å². The van der Waals surface area contributed by atoms with E-state index in [9.17, 15) is 4.39 Å². The molecule has 3 nitrogen and oxygen atoms in total. The van der Waals surface area contributed by atoms with Crippen molar-refractivity contribution in [1.82, 2.24) is 9.97 Å². The average Bonchev–Trinajstić information content (AvgIpc) is 2.66. The smallest absolute Gasteiger partial charge is 0.124 e. The van der Waals surface area contributed by atoms with Gasteiger partial charge in [0.15, 0.2) is 0 Å². The molecule has 2 rings (SSSR count). The molecule has 0 aliphatic carbocycles. The zero-order chi connectivity index (χ0) is 11.7. The first-order valence-corrected chi connectivity index (χ1v) is 5.63. The third-order valence-corrected chi connectivity index (χ3v) is 2.90. The second-order valence-corrected chi connectivity index (χ2v) is 4.45. The maximum absolute atomic E-state index is 12.9. The van der Waals surface area contributed by atoms with Gasteiger partial charge in [0.2, 0.25) is 0 Å². The molecule has 2 aromatic rings. The summed E-state index contributed by atoms with van der Waals surface area (Å²) in [5.41, 5.74) is 7.38. The minimum absolute atomic E-state index is 0.145. The van der Waals surface area contributed by atoms with E-state index in [0.29, 0.717) is 10.3 Å². The summed E-state index contributed by atoms with van der Waals surface area (Å²) in [7, 11) is 0. The number of rotatable bonds is 2. The zero-order valence-corrected chi connectivity index (χ0v) is 10.3. The molecule has 0 spiro atoms. The standard InChI is InChI=1S/C11H11BrFN3/c1-6(14)11-15-5-10(16-11)8-3-2-7(13)4-9(8)12/h2-6H,14H2,1H3,(H,15,16). The molecule has 1 atom stereocenters. The van der Waals surface area contributed by atoms with Crippen LogP contribution in [-0.2, 0) is 0 Å². The number of aromatic nitrogens is 2. The molecule has 0 saturated heterocycles. The van der Waals surface area contributed by atoms with Crippen LogP contribution in [0.5, 0.6) is 0 Å². The van der Waals surface area contributed by atoms with Gasteiger partial charge in [0.05, 0.1) is 17.9 Å². The summed E-state index contributed by atoms with van der Waals surface area (Å²) < 4.78 is 13.6. The summed E-state index contributed by atoms with van der Waals surface area (Å²) in [5.74, 6) is 0.439. The van der Waals surface area contributed by atoms with Crippen molar-refractivity contribution < 1.29 is 4.39 Å². The predicted octanol–water partition coefficient (Wildman–Crippen LogP) is 3.00. The molecule has 0 aliphatic heterocycles. The van der Waals surface area contributed by atoms with Gasteiger partial charge in [-0.15, -0.1) is 0 Å². The first kappa shape index (κ1) is 11.3. The number of imidazole rings is 1. The molecule has 16 heavy (non-hydrogen) atoms. The number of benzene rings is 1. The number of H-pyrrole nitrogens is 1. The van der Waals surface area contributed by atoms with Crippen molar-refractivity contribution in [2.24, 2.45) is 5.73 Å². The lowest BCUT2D eigenvalue weighted by Crippen LogP contribution is -2.06. The first-order chi connectivity index (χ1) is 7.58. The summed E-state index contributed by atoms with van der Waals surface area (Å²) in [5, 5.41) is 0. The van der Waals surface area contributed by atoms with E-state index >= 15 is 0 Å². The Balaban J connectivity index is 2.42. The lowest BCUT2D eigenvalue weighted by atomic mass is 10.2. The lowest BCUT2D eigenvalue weighted by molar-refractivity contribution is 0.627. The van der Waals surface area contributed by atoms with Gasteiger partial charge in [-0.3, -0.25) is 0 Å². The topological polar surface area (TPSA) is 54.7 Å². The number of nitrogens with zero attached hydrogens (tertiary/aromatic N) is 1. The Morgan fingerprint density at radius 2 is 2.25 bits per heavy atom. The molecule has 0 saturated carbocycles. The van der Waals surface area contributed by atoms with Crippen LogP contribution in [0.4, 0.5) is 4.39 Å². The lowest BCUT2D eigenvalue weighted by Gasteiger charge is -2.02. The molecular formula is C11H11BrFN3. The minimum atomic E-state index is -0.275. The number of hydrogen-bond acceptors (Lipinski definition) is 2. The molecule has 0 aliphatic rings. The second kappa shape index (κ2) is 4.35. The van der Waals surface area contributed by atoms with E-state index in [0.717, 1.165) is 11.3 Å². The fourth-order valence-corrected chi connectivity index (χ4v) is 1.98. The van der Waals surface area contributed by atoms with Crippen molar-refractivity contribution in [3.63, 3.8) is 0 Å². The molecule has 1 heterocycles. The van der Waals surface area contributed by atoms with Gasteiger partial charge in [-0.25, -0.2) is 9.37 Å². The van der Waals surface area contributed by atoms with Crippen LogP contribution in [0.3, 0.4) is 0 Å². The molecule has 84 valence electrons. The zero-order valence-electron chi connectivity index (χ0n) is 8.67.